The van der Waals surface area contributed by atoms with Crippen molar-refractivity contribution in [2.75, 3.05) is 19.3 Å². The lowest BCUT2D eigenvalue weighted by molar-refractivity contribution is 0.462. The SMILES string of the molecule is CN(Cc1cc(Br)cs1)S(=O)(=O)CC1CCCN1. The van der Waals surface area contributed by atoms with Crippen LogP contribution >= 0.6 is 27.3 Å². The summed E-state index contributed by atoms with van der Waals surface area (Å²) in [6.07, 6.45) is 2.03. The van der Waals surface area contributed by atoms with E-state index >= 15 is 0 Å². The molecule has 7 heteroatoms. The van der Waals surface area contributed by atoms with Crippen molar-refractivity contribution in [3.05, 3.63) is 20.8 Å². The minimum atomic E-state index is -3.17. The van der Waals surface area contributed by atoms with Crippen LogP contribution in [0.3, 0.4) is 0 Å². The highest BCUT2D eigenvalue weighted by molar-refractivity contribution is 9.10. The lowest BCUT2D eigenvalue weighted by Crippen LogP contribution is -2.37. The molecule has 0 saturated carbocycles. The molecule has 102 valence electrons. The summed E-state index contributed by atoms with van der Waals surface area (Å²) in [5.74, 6) is 0.204. The third-order valence-electron chi connectivity index (χ3n) is 3.05. The highest BCUT2D eigenvalue weighted by Gasteiger charge is 2.25. The van der Waals surface area contributed by atoms with Gasteiger partial charge in [-0.15, -0.1) is 11.3 Å². The molecule has 0 bridgehead atoms. The van der Waals surface area contributed by atoms with Gasteiger partial charge in [0, 0.05) is 34.4 Å². The Hall–Kier alpha value is 0.0500. The van der Waals surface area contributed by atoms with E-state index in [4.69, 9.17) is 0 Å². The molecule has 4 nitrogen and oxygen atoms in total. The predicted octanol–water partition coefficient (Wildman–Crippen LogP) is 2.02. The maximum atomic E-state index is 12.2. The monoisotopic (exact) mass is 352 g/mol. The van der Waals surface area contributed by atoms with Crippen molar-refractivity contribution >= 4 is 37.3 Å². The largest absolute Gasteiger partial charge is 0.313 e. The van der Waals surface area contributed by atoms with E-state index in [0.29, 0.717) is 6.54 Å². The van der Waals surface area contributed by atoms with Gasteiger partial charge in [0.25, 0.3) is 0 Å². The molecule has 0 amide bonds. The Balaban J connectivity index is 1.96. The van der Waals surface area contributed by atoms with Crippen molar-refractivity contribution in [2.24, 2.45) is 0 Å². The zero-order valence-electron chi connectivity index (χ0n) is 10.2. The fourth-order valence-corrected chi connectivity index (χ4v) is 5.00. The van der Waals surface area contributed by atoms with Gasteiger partial charge < -0.3 is 5.32 Å². The third-order valence-corrected chi connectivity index (χ3v) is 6.63. The highest BCUT2D eigenvalue weighted by Crippen LogP contribution is 2.22. The average molecular weight is 353 g/mol. The molecular weight excluding hydrogens is 336 g/mol. The topological polar surface area (TPSA) is 49.4 Å². The second-order valence-electron chi connectivity index (χ2n) is 4.56. The Morgan fingerprint density at radius 2 is 2.39 bits per heavy atom. The first kappa shape index (κ1) is 14.5. The Morgan fingerprint density at radius 3 is 2.94 bits per heavy atom. The first-order chi connectivity index (χ1) is 8.47. The molecule has 2 heterocycles. The fourth-order valence-electron chi connectivity index (χ4n) is 2.03. The second-order valence-corrected chi connectivity index (χ2v) is 8.59. The minimum absolute atomic E-state index is 0.118. The zero-order valence-corrected chi connectivity index (χ0v) is 13.4. The second kappa shape index (κ2) is 6.00. The molecule has 0 aliphatic carbocycles. The number of thiophene rings is 1. The van der Waals surface area contributed by atoms with Crippen LogP contribution in [0.25, 0.3) is 0 Å². The molecule has 2 rings (SSSR count). The van der Waals surface area contributed by atoms with Crippen molar-refractivity contribution in [3.8, 4) is 0 Å². The Bertz CT molecular complexity index is 495. The quantitative estimate of drug-likeness (QED) is 0.881. The lowest BCUT2D eigenvalue weighted by atomic mass is 10.3. The number of hydrogen-bond acceptors (Lipinski definition) is 4. The van der Waals surface area contributed by atoms with Crippen LogP contribution in [-0.2, 0) is 16.6 Å². The average Bonchev–Trinajstić information content (AvgIpc) is 2.90. The molecule has 1 N–H and O–H groups in total. The maximum Gasteiger partial charge on any atom is 0.215 e. The van der Waals surface area contributed by atoms with Crippen LogP contribution in [0.15, 0.2) is 15.9 Å². The molecule has 18 heavy (non-hydrogen) atoms. The number of sulfonamides is 1. The normalized spacial score (nSPS) is 20.7. The first-order valence-corrected chi connectivity index (χ1v) is 9.16. The molecular formula is C11H17BrN2O2S2. The van der Waals surface area contributed by atoms with Crippen LogP contribution in [0.1, 0.15) is 17.7 Å². The fraction of sp³-hybridized carbons (Fsp3) is 0.636. The Kier molecular flexibility index (Phi) is 4.82. The van der Waals surface area contributed by atoms with Gasteiger partial charge in [-0.05, 0) is 41.4 Å². The number of nitrogens with one attached hydrogen (secondary N) is 1. The van der Waals surface area contributed by atoms with E-state index < -0.39 is 10.0 Å². The molecule has 1 aliphatic heterocycles. The molecule has 0 aromatic carbocycles. The third kappa shape index (κ3) is 3.77. The summed E-state index contributed by atoms with van der Waals surface area (Å²) < 4.78 is 26.8. The van der Waals surface area contributed by atoms with Crippen molar-refractivity contribution in [3.63, 3.8) is 0 Å². The summed E-state index contributed by atoms with van der Waals surface area (Å²) in [4.78, 5) is 1.05. The van der Waals surface area contributed by atoms with E-state index in [0.717, 1.165) is 28.7 Å². The van der Waals surface area contributed by atoms with Crippen molar-refractivity contribution in [1.29, 1.82) is 0 Å². The molecule has 1 aliphatic rings. The standard InChI is InChI=1S/C11H17BrN2O2S2/c1-14(6-11-5-9(12)7-17-11)18(15,16)8-10-3-2-4-13-10/h5,7,10,13H,2-4,6,8H2,1H3. The number of nitrogens with zero attached hydrogens (tertiary/aromatic N) is 1. The summed E-state index contributed by atoms with van der Waals surface area (Å²) in [6, 6.07) is 2.08. The van der Waals surface area contributed by atoms with Gasteiger partial charge in [0.2, 0.25) is 10.0 Å². The van der Waals surface area contributed by atoms with Crippen LogP contribution in [0.2, 0.25) is 0 Å². The minimum Gasteiger partial charge on any atom is -0.313 e. The highest BCUT2D eigenvalue weighted by atomic mass is 79.9. The molecule has 1 atom stereocenters. The van der Waals surface area contributed by atoms with E-state index in [1.807, 2.05) is 11.4 Å². The first-order valence-electron chi connectivity index (χ1n) is 5.88. The Labute approximate surface area is 121 Å². The maximum absolute atomic E-state index is 12.2. The summed E-state index contributed by atoms with van der Waals surface area (Å²) >= 11 is 4.94. The van der Waals surface area contributed by atoms with Crippen LogP contribution in [-0.4, -0.2) is 38.1 Å². The zero-order chi connectivity index (χ0) is 13.2. The number of halogens is 1. The molecule has 1 unspecified atom stereocenters. The van der Waals surface area contributed by atoms with Gasteiger partial charge >= 0.3 is 0 Å². The molecule has 1 saturated heterocycles. The van der Waals surface area contributed by atoms with Gasteiger partial charge in [0.15, 0.2) is 0 Å². The van der Waals surface area contributed by atoms with Crippen LogP contribution < -0.4 is 5.32 Å². The summed E-state index contributed by atoms with van der Waals surface area (Å²) in [6.45, 7) is 1.38. The van der Waals surface area contributed by atoms with E-state index in [1.54, 1.807) is 18.4 Å². The van der Waals surface area contributed by atoms with Crippen molar-refractivity contribution in [2.45, 2.75) is 25.4 Å². The number of hydrogen-bond donors (Lipinski definition) is 1. The van der Waals surface area contributed by atoms with Gasteiger partial charge in [0.1, 0.15) is 0 Å². The van der Waals surface area contributed by atoms with Gasteiger partial charge in [-0.3, -0.25) is 0 Å². The predicted molar refractivity (Wildman–Crippen MR) is 78.3 cm³/mol. The van der Waals surface area contributed by atoms with Gasteiger partial charge in [-0.1, -0.05) is 0 Å². The number of rotatable bonds is 5. The smallest absolute Gasteiger partial charge is 0.215 e. The summed E-state index contributed by atoms with van der Waals surface area (Å²) in [7, 11) is -1.52. The van der Waals surface area contributed by atoms with Crippen LogP contribution in [0, 0.1) is 0 Å². The summed E-state index contributed by atoms with van der Waals surface area (Å²) in [5, 5.41) is 5.19. The van der Waals surface area contributed by atoms with E-state index in [-0.39, 0.29) is 11.8 Å². The van der Waals surface area contributed by atoms with Gasteiger partial charge in [-0.25, -0.2) is 8.42 Å². The Morgan fingerprint density at radius 1 is 1.61 bits per heavy atom. The van der Waals surface area contributed by atoms with E-state index in [9.17, 15) is 8.42 Å². The van der Waals surface area contributed by atoms with E-state index in [2.05, 4.69) is 21.2 Å². The lowest BCUT2D eigenvalue weighted by Gasteiger charge is -2.19. The molecule has 0 spiro atoms. The van der Waals surface area contributed by atoms with Crippen LogP contribution in [0.5, 0.6) is 0 Å². The molecule has 1 fully saturated rings. The van der Waals surface area contributed by atoms with E-state index in [1.165, 1.54) is 4.31 Å². The molecule has 1 aromatic heterocycles. The van der Waals surface area contributed by atoms with Gasteiger partial charge in [-0.2, -0.15) is 4.31 Å². The van der Waals surface area contributed by atoms with Crippen molar-refractivity contribution < 1.29 is 8.42 Å². The van der Waals surface area contributed by atoms with Crippen LogP contribution in [0.4, 0.5) is 0 Å². The molecule has 0 radical (unpaired) electrons. The molecule has 1 aromatic rings. The summed E-state index contributed by atoms with van der Waals surface area (Å²) in [5.41, 5.74) is 0. The van der Waals surface area contributed by atoms with Crippen molar-refractivity contribution in [1.82, 2.24) is 9.62 Å². The van der Waals surface area contributed by atoms with Gasteiger partial charge in [0.05, 0.1) is 5.75 Å².